The van der Waals surface area contributed by atoms with Gasteiger partial charge in [0.25, 0.3) is 5.91 Å². The zero-order valence-electron chi connectivity index (χ0n) is 10.4. The van der Waals surface area contributed by atoms with Crippen LogP contribution in [0.1, 0.15) is 29.3 Å². The standard InChI is InChI=1S/C13H16FNO3/c1-8-3-4-10(11(14)5-8)13(18)15-7-9(2)6-12(16)17/h3-5,9H,6-7H2,1-2H3,(H,15,18)(H,16,17). The van der Waals surface area contributed by atoms with Gasteiger partial charge < -0.3 is 10.4 Å². The van der Waals surface area contributed by atoms with Crippen molar-refractivity contribution in [1.29, 1.82) is 0 Å². The van der Waals surface area contributed by atoms with E-state index in [-0.39, 0.29) is 24.4 Å². The molecular formula is C13H16FNO3. The molecule has 1 aromatic rings. The largest absolute Gasteiger partial charge is 0.481 e. The Bertz CT molecular complexity index is 460. The number of carboxylic acids is 1. The van der Waals surface area contributed by atoms with E-state index in [1.165, 1.54) is 12.1 Å². The molecule has 0 aliphatic rings. The number of carboxylic acid groups (broad SMARTS) is 1. The van der Waals surface area contributed by atoms with Gasteiger partial charge in [0.2, 0.25) is 0 Å². The van der Waals surface area contributed by atoms with Gasteiger partial charge in [-0.05, 0) is 30.5 Å². The first-order valence-corrected chi connectivity index (χ1v) is 5.66. The van der Waals surface area contributed by atoms with Crippen LogP contribution in [0.15, 0.2) is 18.2 Å². The molecule has 0 bridgehead atoms. The van der Waals surface area contributed by atoms with Crippen molar-refractivity contribution < 1.29 is 19.1 Å². The van der Waals surface area contributed by atoms with Crippen molar-refractivity contribution >= 4 is 11.9 Å². The van der Waals surface area contributed by atoms with Gasteiger partial charge in [-0.3, -0.25) is 9.59 Å². The third-order valence-electron chi connectivity index (χ3n) is 2.50. The summed E-state index contributed by atoms with van der Waals surface area (Å²) in [5.41, 5.74) is 0.714. The number of carbonyl (C=O) groups is 2. The average Bonchev–Trinajstić information content (AvgIpc) is 2.25. The van der Waals surface area contributed by atoms with E-state index >= 15 is 0 Å². The van der Waals surface area contributed by atoms with Gasteiger partial charge in [0.05, 0.1) is 5.56 Å². The zero-order valence-corrected chi connectivity index (χ0v) is 10.4. The Morgan fingerprint density at radius 2 is 2.11 bits per heavy atom. The molecule has 0 fully saturated rings. The topological polar surface area (TPSA) is 66.4 Å². The van der Waals surface area contributed by atoms with Crippen LogP contribution >= 0.6 is 0 Å². The number of aryl methyl sites for hydroxylation is 1. The van der Waals surface area contributed by atoms with E-state index in [1.807, 2.05) is 0 Å². The lowest BCUT2D eigenvalue weighted by Gasteiger charge is -2.11. The van der Waals surface area contributed by atoms with Crippen molar-refractivity contribution in [2.75, 3.05) is 6.54 Å². The minimum absolute atomic E-state index is 0.0249. The molecule has 1 atom stereocenters. The highest BCUT2D eigenvalue weighted by Gasteiger charge is 2.13. The highest BCUT2D eigenvalue weighted by molar-refractivity contribution is 5.94. The smallest absolute Gasteiger partial charge is 0.303 e. The predicted octanol–water partition coefficient (Wildman–Crippen LogP) is 1.97. The van der Waals surface area contributed by atoms with Crippen molar-refractivity contribution in [2.24, 2.45) is 5.92 Å². The summed E-state index contributed by atoms with van der Waals surface area (Å²) >= 11 is 0. The van der Waals surface area contributed by atoms with Gasteiger partial charge in [-0.15, -0.1) is 0 Å². The molecule has 2 N–H and O–H groups in total. The highest BCUT2D eigenvalue weighted by Crippen LogP contribution is 2.10. The monoisotopic (exact) mass is 253 g/mol. The molecule has 0 heterocycles. The van der Waals surface area contributed by atoms with Crippen LogP contribution in [0.4, 0.5) is 4.39 Å². The Morgan fingerprint density at radius 3 is 2.67 bits per heavy atom. The minimum Gasteiger partial charge on any atom is -0.481 e. The van der Waals surface area contributed by atoms with E-state index in [4.69, 9.17) is 5.11 Å². The van der Waals surface area contributed by atoms with Crippen molar-refractivity contribution in [1.82, 2.24) is 5.32 Å². The molecule has 98 valence electrons. The normalized spacial score (nSPS) is 11.9. The molecule has 1 amide bonds. The molecule has 0 saturated carbocycles. The number of amides is 1. The number of benzene rings is 1. The molecule has 0 saturated heterocycles. The van der Waals surface area contributed by atoms with E-state index in [1.54, 1.807) is 19.9 Å². The van der Waals surface area contributed by atoms with Crippen molar-refractivity contribution in [3.8, 4) is 0 Å². The van der Waals surface area contributed by atoms with Crippen LogP contribution in [0.3, 0.4) is 0 Å². The Morgan fingerprint density at radius 1 is 1.44 bits per heavy atom. The maximum atomic E-state index is 13.5. The van der Waals surface area contributed by atoms with Crippen LogP contribution in [0.25, 0.3) is 0 Å². The zero-order chi connectivity index (χ0) is 13.7. The second kappa shape index (κ2) is 6.14. The number of nitrogens with one attached hydrogen (secondary N) is 1. The lowest BCUT2D eigenvalue weighted by molar-refractivity contribution is -0.137. The summed E-state index contributed by atoms with van der Waals surface area (Å²) < 4.78 is 13.5. The van der Waals surface area contributed by atoms with Gasteiger partial charge in [-0.1, -0.05) is 13.0 Å². The van der Waals surface area contributed by atoms with E-state index in [9.17, 15) is 14.0 Å². The first kappa shape index (κ1) is 14.2. The van der Waals surface area contributed by atoms with Crippen molar-refractivity contribution in [3.63, 3.8) is 0 Å². The van der Waals surface area contributed by atoms with Gasteiger partial charge >= 0.3 is 5.97 Å². The second-order valence-electron chi connectivity index (χ2n) is 4.40. The lowest BCUT2D eigenvalue weighted by Crippen LogP contribution is -2.29. The van der Waals surface area contributed by atoms with Crippen molar-refractivity contribution in [3.05, 3.63) is 35.1 Å². The van der Waals surface area contributed by atoms with Crippen LogP contribution < -0.4 is 5.32 Å². The van der Waals surface area contributed by atoms with Crippen LogP contribution in [0.5, 0.6) is 0 Å². The Kier molecular flexibility index (Phi) is 4.83. The highest BCUT2D eigenvalue weighted by atomic mass is 19.1. The van der Waals surface area contributed by atoms with E-state index in [2.05, 4.69) is 5.32 Å². The first-order chi connectivity index (χ1) is 8.40. The second-order valence-corrected chi connectivity index (χ2v) is 4.40. The quantitative estimate of drug-likeness (QED) is 0.843. The van der Waals surface area contributed by atoms with Crippen LogP contribution in [0, 0.1) is 18.7 Å². The summed E-state index contributed by atoms with van der Waals surface area (Å²) in [5, 5.41) is 11.1. The van der Waals surface area contributed by atoms with Crippen LogP contribution in [-0.4, -0.2) is 23.5 Å². The SMILES string of the molecule is Cc1ccc(C(=O)NCC(C)CC(=O)O)c(F)c1. The Labute approximate surface area is 105 Å². The number of hydrogen-bond donors (Lipinski definition) is 2. The number of aliphatic carboxylic acids is 1. The van der Waals surface area contributed by atoms with E-state index in [0.29, 0.717) is 0 Å². The van der Waals surface area contributed by atoms with Crippen molar-refractivity contribution in [2.45, 2.75) is 20.3 Å². The third-order valence-corrected chi connectivity index (χ3v) is 2.50. The average molecular weight is 253 g/mol. The summed E-state index contributed by atoms with van der Waals surface area (Å²) in [7, 11) is 0. The molecule has 0 aromatic heterocycles. The van der Waals surface area contributed by atoms with Gasteiger partial charge in [-0.2, -0.15) is 0 Å². The molecule has 0 spiro atoms. The van der Waals surface area contributed by atoms with Crippen LogP contribution in [0.2, 0.25) is 0 Å². The third kappa shape index (κ3) is 4.16. The summed E-state index contributed by atoms with van der Waals surface area (Å²) in [6, 6.07) is 4.36. The number of carbonyl (C=O) groups excluding carboxylic acids is 1. The summed E-state index contributed by atoms with van der Waals surface area (Å²) in [5.74, 6) is -2.21. The lowest BCUT2D eigenvalue weighted by atomic mass is 10.1. The summed E-state index contributed by atoms with van der Waals surface area (Å²) in [6.07, 6.45) is -0.0311. The molecule has 1 rings (SSSR count). The van der Waals surface area contributed by atoms with E-state index in [0.717, 1.165) is 5.56 Å². The molecule has 0 aliphatic heterocycles. The molecule has 1 aromatic carbocycles. The summed E-state index contributed by atoms with van der Waals surface area (Å²) in [4.78, 5) is 22.1. The fourth-order valence-electron chi connectivity index (χ4n) is 1.54. The first-order valence-electron chi connectivity index (χ1n) is 5.66. The molecule has 0 radical (unpaired) electrons. The van der Waals surface area contributed by atoms with Crippen LogP contribution in [-0.2, 0) is 4.79 Å². The molecule has 18 heavy (non-hydrogen) atoms. The van der Waals surface area contributed by atoms with Gasteiger partial charge in [0.15, 0.2) is 0 Å². The fourth-order valence-corrected chi connectivity index (χ4v) is 1.54. The minimum atomic E-state index is -0.918. The molecule has 1 unspecified atom stereocenters. The van der Waals surface area contributed by atoms with Gasteiger partial charge in [0.1, 0.15) is 5.82 Å². The Hall–Kier alpha value is -1.91. The molecule has 4 nitrogen and oxygen atoms in total. The molecular weight excluding hydrogens is 237 g/mol. The van der Waals surface area contributed by atoms with E-state index < -0.39 is 17.7 Å². The fraction of sp³-hybridized carbons (Fsp3) is 0.385. The Balaban J connectivity index is 2.58. The predicted molar refractivity (Wildman–Crippen MR) is 64.9 cm³/mol. The number of hydrogen-bond acceptors (Lipinski definition) is 2. The number of halogens is 1. The maximum Gasteiger partial charge on any atom is 0.303 e. The van der Waals surface area contributed by atoms with Gasteiger partial charge in [0, 0.05) is 13.0 Å². The number of rotatable bonds is 5. The summed E-state index contributed by atoms with van der Waals surface area (Å²) in [6.45, 7) is 3.65. The molecule has 5 heteroatoms. The molecule has 0 aliphatic carbocycles. The van der Waals surface area contributed by atoms with Gasteiger partial charge in [-0.25, -0.2) is 4.39 Å². The maximum absolute atomic E-state index is 13.5.